The molecule has 6 nitrogen and oxygen atoms in total. The molecular formula is C20H25ClN4O2. The Morgan fingerprint density at radius 3 is 2.78 bits per heavy atom. The number of H-pyrrole nitrogens is 1. The van der Waals surface area contributed by atoms with Crippen LogP contribution in [0.25, 0.3) is 0 Å². The number of amides is 1. The van der Waals surface area contributed by atoms with Gasteiger partial charge in [0.25, 0.3) is 5.91 Å². The maximum atomic E-state index is 12.5. The second-order valence-corrected chi connectivity index (χ2v) is 7.84. The van der Waals surface area contributed by atoms with Gasteiger partial charge in [-0.05, 0) is 37.0 Å². The highest BCUT2D eigenvalue weighted by Crippen LogP contribution is 2.42. The lowest BCUT2D eigenvalue weighted by molar-refractivity contribution is -0.0676. The molecule has 4 rings (SSSR count). The summed E-state index contributed by atoms with van der Waals surface area (Å²) in [5, 5.41) is 13.7. The monoisotopic (exact) mass is 388 g/mol. The van der Waals surface area contributed by atoms with Gasteiger partial charge >= 0.3 is 0 Å². The number of hydrogen-bond acceptors (Lipinski definition) is 4. The highest BCUT2D eigenvalue weighted by molar-refractivity contribution is 6.34. The van der Waals surface area contributed by atoms with Crippen molar-refractivity contribution in [1.29, 1.82) is 0 Å². The molecule has 1 aliphatic heterocycles. The summed E-state index contributed by atoms with van der Waals surface area (Å²) < 4.78 is 6.05. The molecule has 1 atom stereocenters. The Bertz CT molecular complexity index is 808. The summed E-state index contributed by atoms with van der Waals surface area (Å²) >= 11 is 6.31. The lowest BCUT2D eigenvalue weighted by Gasteiger charge is -2.37. The molecule has 2 aliphatic rings. The van der Waals surface area contributed by atoms with Crippen LogP contribution in [0.5, 0.6) is 0 Å². The molecule has 0 bridgehead atoms. The van der Waals surface area contributed by atoms with E-state index in [-0.39, 0.29) is 11.5 Å². The van der Waals surface area contributed by atoms with Crippen LogP contribution in [0.2, 0.25) is 5.02 Å². The first kappa shape index (κ1) is 18.5. The van der Waals surface area contributed by atoms with Gasteiger partial charge in [-0.2, -0.15) is 5.10 Å². The van der Waals surface area contributed by atoms with Gasteiger partial charge in [-0.25, -0.2) is 0 Å². The number of carbonyl (C=O) groups is 1. The van der Waals surface area contributed by atoms with Gasteiger partial charge in [-0.3, -0.25) is 9.89 Å². The fourth-order valence-corrected chi connectivity index (χ4v) is 3.89. The molecule has 2 aromatic rings. The first-order chi connectivity index (χ1) is 13.1. The maximum absolute atomic E-state index is 12.5. The average Bonchev–Trinajstić information content (AvgIpc) is 3.46. The fraction of sp³-hybridized carbons (Fsp3) is 0.500. The van der Waals surface area contributed by atoms with Gasteiger partial charge in [0.05, 0.1) is 22.9 Å². The number of anilines is 1. The largest absolute Gasteiger partial charge is 0.372 e. The van der Waals surface area contributed by atoms with Crippen molar-refractivity contribution in [3.63, 3.8) is 0 Å². The number of ether oxygens (including phenoxy) is 1. The Morgan fingerprint density at radius 2 is 2.15 bits per heavy atom. The quantitative estimate of drug-likeness (QED) is 0.707. The number of rotatable bonds is 6. The topological polar surface area (TPSA) is 79.0 Å². The van der Waals surface area contributed by atoms with E-state index in [1.165, 1.54) is 5.56 Å². The fourth-order valence-electron chi connectivity index (χ4n) is 3.56. The van der Waals surface area contributed by atoms with Gasteiger partial charge in [0.15, 0.2) is 0 Å². The molecule has 1 amide bonds. The smallest absolute Gasteiger partial charge is 0.275 e. The van der Waals surface area contributed by atoms with Gasteiger partial charge in [-0.15, -0.1) is 0 Å². The third kappa shape index (κ3) is 4.03. The average molecular weight is 389 g/mol. The molecule has 3 N–H and O–H groups in total. The van der Waals surface area contributed by atoms with E-state index < -0.39 is 0 Å². The number of nitrogens with zero attached hydrogens (tertiary/aromatic N) is 1. The van der Waals surface area contributed by atoms with Crippen LogP contribution >= 0.6 is 11.6 Å². The first-order valence-corrected chi connectivity index (χ1v) is 9.97. The SMILES string of the molecule is CC[C@@]1(Cc2ccc(NC(=O)c3[nH]nc(C4CC4)c3Cl)cc2)CNCCO1. The van der Waals surface area contributed by atoms with Crippen LogP contribution in [0.4, 0.5) is 5.69 Å². The van der Waals surface area contributed by atoms with Crippen LogP contribution in [-0.4, -0.2) is 41.4 Å². The number of benzene rings is 1. The van der Waals surface area contributed by atoms with Gasteiger partial charge in [0.2, 0.25) is 0 Å². The molecule has 2 fully saturated rings. The van der Waals surface area contributed by atoms with E-state index in [1.807, 2.05) is 24.3 Å². The van der Waals surface area contributed by atoms with Gasteiger partial charge in [-0.1, -0.05) is 30.7 Å². The van der Waals surface area contributed by atoms with Gasteiger partial charge in [0, 0.05) is 31.1 Å². The van der Waals surface area contributed by atoms with Gasteiger partial charge in [0.1, 0.15) is 5.69 Å². The summed E-state index contributed by atoms with van der Waals surface area (Å²) in [6.45, 7) is 4.68. The molecule has 0 radical (unpaired) electrons. The minimum absolute atomic E-state index is 0.147. The molecule has 2 heterocycles. The Balaban J connectivity index is 1.41. The van der Waals surface area contributed by atoms with Crippen molar-refractivity contribution >= 4 is 23.2 Å². The molecule has 144 valence electrons. The Kier molecular flexibility index (Phi) is 5.21. The van der Waals surface area contributed by atoms with E-state index in [4.69, 9.17) is 16.3 Å². The minimum Gasteiger partial charge on any atom is -0.372 e. The summed E-state index contributed by atoms with van der Waals surface area (Å²) in [6, 6.07) is 7.90. The molecule has 27 heavy (non-hydrogen) atoms. The van der Waals surface area contributed by atoms with Crippen molar-refractivity contribution in [2.75, 3.05) is 25.0 Å². The number of carbonyl (C=O) groups excluding carboxylic acids is 1. The third-order valence-corrected chi connectivity index (χ3v) is 5.82. The maximum Gasteiger partial charge on any atom is 0.275 e. The molecule has 1 saturated carbocycles. The number of aromatic amines is 1. The van der Waals surface area contributed by atoms with E-state index >= 15 is 0 Å². The second kappa shape index (κ2) is 7.62. The second-order valence-electron chi connectivity index (χ2n) is 7.46. The van der Waals surface area contributed by atoms with Crippen molar-refractivity contribution in [3.05, 3.63) is 46.2 Å². The Hall–Kier alpha value is -1.89. The van der Waals surface area contributed by atoms with Crippen molar-refractivity contribution in [2.24, 2.45) is 0 Å². The van der Waals surface area contributed by atoms with Crippen LogP contribution in [0.1, 0.15) is 53.8 Å². The Morgan fingerprint density at radius 1 is 1.37 bits per heavy atom. The molecular weight excluding hydrogens is 364 g/mol. The van der Waals surface area contributed by atoms with Crippen molar-refractivity contribution in [3.8, 4) is 0 Å². The van der Waals surface area contributed by atoms with Crippen LogP contribution in [-0.2, 0) is 11.2 Å². The summed E-state index contributed by atoms with van der Waals surface area (Å²) in [6.07, 6.45) is 3.99. The predicted octanol–water partition coefficient (Wildman–Crippen LogP) is 3.50. The number of morpholine rings is 1. The van der Waals surface area contributed by atoms with Crippen LogP contribution < -0.4 is 10.6 Å². The predicted molar refractivity (Wildman–Crippen MR) is 106 cm³/mol. The Labute approximate surface area is 164 Å². The lowest BCUT2D eigenvalue weighted by atomic mass is 9.90. The van der Waals surface area contributed by atoms with Gasteiger partial charge < -0.3 is 15.4 Å². The zero-order chi connectivity index (χ0) is 18.9. The number of halogens is 1. The normalized spacial score (nSPS) is 22.6. The molecule has 0 spiro atoms. The molecule has 1 aliphatic carbocycles. The highest BCUT2D eigenvalue weighted by atomic mass is 35.5. The van der Waals surface area contributed by atoms with Crippen molar-refractivity contribution in [2.45, 2.75) is 44.1 Å². The summed E-state index contributed by atoms with van der Waals surface area (Å²) in [5.74, 6) is 0.133. The molecule has 1 aromatic heterocycles. The minimum atomic E-state index is -0.267. The molecule has 1 saturated heterocycles. The summed E-state index contributed by atoms with van der Waals surface area (Å²) in [4.78, 5) is 12.5. The molecule has 7 heteroatoms. The molecule has 1 aromatic carbocycles. The zero-order valence-corrected chi connectivity index (χ0v) is 16.2. The number of aromatic nitrogens is 2. The summed E-state index contributed by atoms with van der Waals surface area (Å²) in [7, 11) is 0. The standard InChI is InChI=1S/C20H25ClN4O2/c1-2-20(12-22-9-10-27-20)11-13-3-7-15(8-4-13)23-19(26)18-16(21)17(24-25-18)14-5-6-14/h3-4,7-8,14,22H,2,5-6,9-12H2,1H3,(H,23,26)(H,24,25)/t20-/m1/s1. The van der Waals surface area contributed by atoms with E-state index in [9.17, 15) is 4.79 Å². The van der Waals surface area contributed by atoms with E-state index in [0.717, 1.165) is 56.8 Å². The summed E-state index contributed by atoms with van der Waals surface area (Å²) in [5.41, 5.74) is 2.91. The van der Waals surface area contributed by atoms with E-state index in [2.05, 4.69) is 27.8 Å². The number of nitrogens with one attached hydrogen (secondary N) is 3. The van der Waals surface area contributed by atoms with E-state index in [0.29, 0.717) is 16.6 Å². The molecule has 0 unspecified atom stereocenters. The highest BCUT2D eigenvalue weighted by Gasteiger charge is 2.32. The lowest BCUT2D eigenvalue weighted by Crippen LogP contribution is -2.50. The van der Waals surface area contributed by atoms with Crippen molar-refractivity contribution < 1.29 is 9.53 Å². The van der Waals surface area contributed by atoms with Crippen LogP contribution in [0, 0.1) is 0 Å². The third-order valence-electron chi connectivity index (χ3n) is 5.44. The van der Waals surface area contributed by atoms with E-state index in [1.54, 1.807) is 0 Å². The van der Waals surface area contributed by atoms with Crippen LogP contribution in [0.3, 0.4) is 0 Å². The number of hydrogen-bond donors (Lipinski definition) is 3. The van der Waals surface area contributed by atoms with Crippen LogP contribution in [0.15, 0.2) is 24.3 Å². The van der Waals surface area contributed by atoms with Crippen molar-refractivity contribution in [1.82, 2.24) is 15.5 Å². The first-order valence-electron chi connectivity index (χ1n) is 9.59. The zero-order valence-electron chi connectivity index (χ0n) is 15.5.